The fourth-order valence-corrected chi connectivity index (χ4v) is 4.70. The van der Waals surface area contributed by atoms with E-state index in [9.17, 15) is 13.2 Å². The Morgan fingerprint density at radius 3 is 2.20 bits per heavy atom. The summed E-state index contributed by atoms with van der Waals surface area (Å²) in [5.41, 5.74) is 2.37. The molecule has 0 atom stereocenters. The third kappa shape index (κ3) is 4.46. The number of amides is 1. The number of nitrogens with one attached hydrogen (secondary N) is 1. The predicted molar refractivity (Wildman–Crippen MR) is 113 cm³/mol. The summed E-state index contributed by atoms with van der Waals surface area (Å²) in [7, 11) is -3.51. The summed E-state index contributed by atoms with van der Waals surface area (Å²) in [5, 5.41) is 2.87. The maximum atomic E-state index is 12.7. The summed E-state index contributed by atoms with van der Waals surface area (Å²) in [5.74, 6) is -0.181. The zero-order valence-corrected chi connectivity index (χ0v) is 17.2. The fourth-order valence-electron chi connectivity index (χ4n) is 3.29. The summed E-state index contributed by atoms with van der Waals surface area (Å²) >= 11 is 0. The van der Waals surface area contributed by atoms with Crippen LogP contribution in [0.5, 0.6) is 0 Å². The topological polar surface area (TPSA) is 80.6 Å². The molecule has 30 heavy (non-hydrogen) atoms. The second-order valence-electron chi connectivity index (χ2n) is 6.98. The van der Waals surface area contributed by atoms with Gasteiger partial charge in [0.05, 0.1) is 18.1 Å². The largest absolute Gasteiger partial charge is 0.379 e. The summed E-state index contributed by atoms with van der Waals surface area (Å²) in [6, 6.07) is 17.8. The molecule has 1 amide bonds. The van der Waals surface area contributed by atoms with Crippen LogP contribution >= 0.6 is 0 Å². The zero-order chi connectivity index (χ0) is 21.0. The van der Waals surface area contributed by atoms with Gasteiger partial charge < -0.3 is 14.6 Å². The van der Waals surface area contributed by atoms with Crippen molar-refractivity contribution in [3.63, 3.8) is 0 Å². The lowest BCUT2D eigenvalue weighted by molar-refractivity contribution is 0.0730. The Morgan fingerprint density at radius 2 is 1.57 bits per heavy atom. The van der Waals surface area contributed by atoms with Gasteiger partial charge in [-0.15, -0.1) is 0 Å². The van der Waals surface area contributed by atoms with Gasteiger partial charge in [0.25, 0.3) is 5.91 Å². The number of sulfonamides is 1. The third-order valence-electron chi connectivity index (χ3n) is 5.02. The van der Waals surface area contributed by atoms with Crippen LogP contribution in [-0.2, 0) is 21.3 Å². The van der Waals surface area contributed by atoms with Crippen LogP contribution in [0.3, 0.4) is 0 Å². The maximum Gasteiger partial charge on any atom is 0.251 e. The van der Waals surface area contributed by atoms with E-state index in [-0.39, 0.29) is 10.8 Å². The van der Waals surface area contributed by atoms with E-state index in [1.54, 1.807) is 36.4 Å². The van der Waals surface area contributed by atoms with Crippen molar-refractivity contribution in [1.29, 1.82) is 0 Å². The van der Waals surface area contributed by atoms with E-state index >= 15 is 0 Å². The van der Waals surface area contributed by atoms with E-state index in [4.69, 9.17) is 4.74 Å². The van der Waals surface area contributed by atoms with Crippen molar-refractivity contribution in [2.45, 2.75) is 11.4 Å². The van der Waals surface area contributed by atoms with Gasteiger partial charge in [0, 0.05) is 43.3 Å². The molecule has 4 rings (SSSR count). The molecule has 0 bridgehead atoms. The molecular weight excluding hydrogens is 402 g/mol. The van der Waals surface area contributed by atoms with E-state index < -0.39 is 10.0 Å². The normalized spacial score (nSPS) is 15.1. The minimum absolute atomic E-state index is 0.181. The van der Waals surface area contributed by atoms with Crippen LogP contribution in [0.1, 0.15) is 15.9 Å². The quantitative estimate of drug-likeness (QED) is 0.658. The first-order chi connectivity index (χ1) is 14.5. The molecule has 156 valence electrons. The number of aromatic nitrogens is 1. The van der Waals surface area contributed by atoms with Crippen LogP contribution < -0.4 is 5.32 Å². The van der Waals surface area contributed by atoms with Crippen LogP contribution in [0.15, 0.2) is 78.0 Å². The van der Waals surface area contributed by atoms with Gasteiger partial charge in [0.2, 0.25) is 10.0 Å². The molecule has 0 aliphatic carbocycles. The summed E-state index contributed by atoms with van der Waals surface area (Å²) < 4.78 is 33.9. The lowest BCUT2D eigenvalue weighted by Crippen LogP contribution is -2.40. The van der Waals surface area contributed by atoms with Crippen LogP contribution in [0.25, 0.3) is 5.69 Å². The number of rotatable bonds is 6. The van der Waals surface area contributed by atoms with Crippen LogP contribution in [0.2, 0.25) is 0 Å². The van der Waals surface area contributed by atoms with Gasteiger partial charge >= 0.3 is 0 Å². The molecular formula is C22H23N3O4S. The Morgan fingerprint density at radius 1 is 0.933 bits per heavy atom. The van der Waals surface area contributed by atoms with Gasteiger partial charge in [-0.25, -0.2) is 8.42 Å². The molecule has 0 saturated carbocycles. The summed E-state index contributed by atoms with van der Waals surface area (Å²) in [4.78, 5) is 12.7. The highest BCUT2D eigenvalue weighted by Gasteiger charge is 2.26. The molecule has 1 N–H and O–H groups in total. The van der Waals surface area contributed by atoms with Crippen molar-refractivity contribution in [3.05, 3.63) is 84.2 Å². The van der Waals surface area contributed by atoms with Gasteiger partial charge in [0.15, 0.2) is 0 Å². The highest BCUT2D eigenvalue weighted by atomic mass is 32.2. The third-order valence-corrected chi connectivity index (χ3v) is 6.93. The number of carbonyl (C=O) groups is 1. The van der Waals surface area contributed by atoms with E-state index in [0.717, 1.165) is 11.3 Å². The molecule has 2 heterocycles. The van der Waals surface area contributed by atoms with Crippen molar-refractivity contribution >= 4 is 15.9 Å². The van der Waals surface area contributed by atoms with Gasteiger partial charge in [-0.05, 0) is 54.1 Å². The van der Waals surface area contributed by atoms with Crippen LogP contribution in [0.4, 0.5) is 0 Å². The molecule has 7 nitrogen and oxygen atoms in total. The average Bonchev–Trinajstić information content (AvgIpc) is 3.33. The molecule has 0 unspecified atom stereocenters. The standard InChI is InChI=1S/C22H23N3O4S/c26-22(19-5-7-20(8-6-19)24-11-1-2-12-24)23-17-18-3-9-21(10-4-18)30(27,28)25-13-15-29-16-14-25/h1-12H,13-17H2,(H,23,26). The van der Waals surface area contributed by atoms with Crippen molar-refractivity contribution in [2.75, 3.05) is 26.3 Å². The highest BCUT2D eigenvalue weighted by Crippen LogP contribution is 2.18. The van der Waals surface area contributed by atoms with Crippen molar-refractivity contribution in [2.24, 2.45) is 0 Å². The first-order valence-corrected chi connectivity index (χ1v) is 11.2. The molecule has 1 saturated heterocycles. The number of ether oxygens (including phenoxy) is 1. The minimum atomic E-state index is -3.51. The Hall–Kier alpha value is -2.94. The molecule has 1 aliphatic heterocycles. The van der Waals surface area contributed by atoms with Crippen LogP contribution in [-0.4, -0.2) is 49.5 Å². The zero-order valence-electron chi connectivity index (χ0n) is 16.4. The SMILES string of the molecule is O=C(NCc1ccc(S(=O)(=O)N2CCOCC2)cc1)c1ccc(-n2cccc2)cc1. The van der Waals surface area contributed by atoms with Crippen LogP contribution in [0, 0.1) is 0 Å². The Labute approximate surface area is 175 Å². The first-order valence-electron chi connectivity index (χ1n) is 9.72. The Kier molecular flexibility index (Phi) is 5.98. The fraction of sp³-hybridized carbons (Fsp3) is 0.227. The second-order valence-corrected chi connectivity index (χ2v) is 8.92. The van der Waals surface area contributed by atoms with Gasteiger partial charge in [-0.3, -0.25) is 4.79 Å². The van der Waals surface area contributed by atoms with Crippen molar-refractivity contribution in [1.82, 2.24) is 14.2 Å². The van der Waals surface area contributed by atoms with Gasteiger partial charge in [-0.1, -0.05) is 12.1 Å². The average molecular weight is 426 g/mol. The van der Waals surface area contributed by atoms with Gasteiger partial charge in [-0.2, -0.15) is 4.31 Å². The Bertz CT molecular complexity index is 1090. The van der Waals surface area contributed by atoms with Crippen molar-refractivity contribution < 1.29 is 17.9 Å². The molecule has 1 fully saturated rings. The monoisotopic (exact) mass is 425 g/mol. The van der Waals surface area contributed by atoms with E-state index in [0.29, 0.717) is 38.4 Å². The molecule has 0 spiro atoms. The Balaban J connectivity index is 1.36. The van der Waals surface area contributed by atoms with Crippen molar-refractivity contribution in [3.8, 4) is 5.69 Å². The molecule has 0 radical (unpaired) electrons. The number of hydrogen-bond donors (Lipinski definition) is 1. The minimum Gasteiger partial charge on any atom is -0.379 e. The lowest BCUT2D eigenvalue weighted by Gasteiger charge is -2.26. The van der Waals surface area contributed by atoms with E-state index in [1.165, 1.54) is 4.31 Å². The molecule has 1 aromatic heterocycles. The predicted octanol–water partition coefficient (Wildman–Crippen LogP) is 2.43. The first kappa shape index (κ1) is 20.3. The number of hydrogen-bond acceptors (Lipinski definition) is 4. The molecule has 2 aromatic carbocycles. The number of carbonyl (C=O) groups excluding carboxylic acids is 1. The molecule has 1 aliphatic rings. The smallest absolute Gasteiger partial charge is 0.251 e. The number of morpholine rings is 1. The second kappa shape index (κ2) is 8.83. The highest BCUT2D eigenvalue weighted by molar-refractivity contribution is 7.89. The van der Waals surface area contributed by atoms with E-state index in [1.807, 2.05) is 41.2 Å². The molecule has 3 aromatic rings. The lowest BCUT2D eigenvalue weighted by atomic mass is 10.1. The maximum absolute atomic E-state index is 12.7. The van der Waals surface area contributed by atoms with Gasteiger partial charge in [0.1, 0.15) is 0 Å². The van der Waals surface area contributed by atoms with E-state index in [2.05, 4.69) is 5.32 Å². The molecule has 8 heteroatoms. The number of benzene rings is 2. The summed E-state index contributed by atoms with van der Waals surface area (Å²) in [6.07, 6.45) is 3.88. The number of nitrogens with zero attached hydrogens (tertiary/aromatic N) is 2. The summed E-state index contributed by atoms with van der Waals surface area (Å²) in [6.45, 7) is 1.87.